The summed E-state index contributed by atoms with van der Waals surface area (Å²) in [5, 5.41) is 3.40. The fraction of sp³-hybridized carbons (Fsp3) is 0.619. The smallest absolute Gasteiger partial charge is 0.273 e. The highest BCUT2D eigenvalue weighted by atomic mass is 16.5. The minimum atomic E-state index is -0.216. The second-order valence-corrected chi connectivity index (χ2v) is 7.76. The largest absolute Gasteiger partial charge is 0.381 e. The molecule has 4 rings (SSSR count). The molecule has 150 valence electrons. The van der Waals surface area contributed by atoms with Gasteiger partial charge in [0.1, 0.15) is 5.71 Å². The number of aliphatic imine (C=N–C) groups is 3. The van der Waals surface area contributed by atoms with Crippen LogP contribution >= 0.6 is 0 Å². The van der Waals surface area contributed by atoms with Crippen molar-refractivity contribution < 1.29 is 14.3 Å². The minimum Gasteiger partial charge on any atom is -0.381 e. The highest BCUT2D eigenvalue weighted by Crippen LogP contribution is 2.22. The van der Waals surface area contributed by atoms with E-state index in [1.54, 1.807) is 13.1 Å². The van der Waals surface area contributed by atoms with Gasteiger partial charge in [0.25, 0.3) is 5.91 Å². The molecule has 0 saturated carbocycles. The molecule has 7 nitrogen and oxygen atoms in total. The van der Waals surface area contributed by atoms with Crippen LogP contribution in [0.3, 0.4) is 0 Å². The SMILES string of the molecule is CC1=CC2=CC=NC(=N[C@@H]3CCNC[C@H]3OCCC3CCOCC3)C2=NC1=O. The number of nitrogens with zero attached hydrogens (tertiary/aromatic N) is 3. The first-order valence-electron chi connectivity index (χ1n) is 10.2. The Kier molecular flexibility index (Phi) is 6.24. The monoisotopic (exact) mass is 384 g/mol. The number of fused-ring (bicyclic) bond motifs is 1. The normalized spacial score (nSPS) is 30.0. The van der Waals surface area contributed by atoms with Gasteiger partial charge in [0.15, 0.2) is 5.84 Å². The predicted octanol–water partition coefficient (Wildman–Crippen LogP) is 1.89. The Morgan fingerprint density at radius 1 is 1.32 bits per heavy atom. The number of carbonyl (C=O) groups is 1. The summed E-state index contributed by atoms with van der Waals surface area (Å²) >= 11 is 0. The van der Waals surface area contributed by atoms with Crippen molar-refractivity contribution in [1.82, 2.24) is 5.32 Å². The maximum Gasteiger partial charge on any atom is 0.273 e. The molecular formula is C21H28N4O3. The molecule has 0 bridgehead atoms. The zero-order chi connectivity index (χ0) is 19.3. The third-order valence-electron chi connectivity index (χ3n) is 5.74. The van der Waals surface area contributed by atoms with Crippen molar-refractivity contribution in [3.05, 3.63) is 23.3 Å². The van der Waals surface area contributed by atoms with Crippen LogP contribution < -0.4 is 5.32 Å². The van der Waals surface area contributed by atoms with Crippen molar-refractivity contribution in [2.24, 2.45) is 20.9 Å². The molecule has 0 aromatic heterocycles. The van der Waals surface area contributed by atoms with E-state index in [-0.39, 0.29) is 18.1 Å². The van der Waals surface area contributed by atoms with E-state index in [2.05, 4.69) is 15.3 Å². The number of ether oxygens (including phenoxy) is 2. The third kappa shape index (κ3) is 4.54. The molecule has 0 aliphatic carbocycles. The van der Waals surface area contributed by atoms with Crippen LogP contribution in [-0.4, -0.2) is 68.7 Å². The van der Waals surface area contributed by atoms with E-state index in [0.717, 1.165) is 64.2 Å². The predicted molar refractivity (Wildman–Crippen MR) is 109 cm³/mol. The van der Waals surface area contributed by atoms with E-state index in [4.69, 9.17) is 14.5 Å². The molecule has 2 atom stereocenters. The number of amides is 1. The summed E-state index contributed by atoms with van der Waals surface area (Å²) in [6.07, 6.45) is 9.69. The van der Waals surface area contributed by atoms with Gasteiger partial charge in [-0.1, -0.05) is 0 Å². The van der Waals surface area contributed by atoms with Crippen LogP contribution in [-0.2, 0) is 14.3 Å². The molecule has 4 heterocycles. The number of hydrogen-bond acceptors (Lipinski definition) is 5. The van der Waals surface area contributed by atoms with Crippen molar-refractivity contribution in [3.63, 3.8) is 0 Å². The molecule has 0 spiro atoms. The molecule has 2 fully saturated rings. The Bertz CT molecular complexity index is 760. The molecule has 4 aliphatic rings. The van der Waals surface area contributed by atoms with Gasteiger partial charge in [-0.3, -0.25) is 9.79 Å². The molecule has 4 aliphatic heterocycles. The lowest BCUT2D eigenvalue weighted by Crippen LogP contribution is -2.45. The maximum atomic E-state index is 12.0. The van der Waals surface area contributed by atoms with Crippen molar-refractivity contribution in [1.29, 1.82) is 0 Å². The summed E-state index contributed by atoms with van der Waals surface area (Å²) < 4.78 is 11.6. The first-order valence-corrected chi connectivity index (χ1v) is 10.2. The van der Waals surface area contributed by atoms with E-state index < -0.39 is 0 Å². The zero-order valence-corrected chi connectivity index (χ0v) is 16.4. The van der Waals surface area contributed by atoms with Crippen LogP contribution in [0.4, 0.5) is 0 Å². The average Bonchev–Trinajstić information content (AvgIpc) is 2.71. The van der Waals surface area contributed by atoms with Gasteiger partial charge >= 0.3 is 0 Å². The number of nitrogens with one attached hydrogen (secondary N) is 1. The molecule has 2 saturated heterocycles. The number of carbonyl (C=O) groups excluding carboxylic acids is 1. The fourth-order valence-electron chi connectivity index (χ4n) is 3.98. The minimum absolute atomic E-state index is 0.0165. The maximum absolute atomic E-state index is 12.0. The van der Waals surface area contributed by atoms with Crippen LogP contribution in [0.5, 0.6) is 0 Å². The van der Waals surface area contributed by atoms with Gasteiger partial charge < -0.3 is 14.8 Å². The molecule has 0 radical (unpaired) electrons. The molecule has 28 heavy (non-hydrogen) atoms. The number of dihydropyridines is 2. The second kappa shape index (κ2) is 9.03. The molecule has 0 aromatic carbocycles. The fourth-order valence-corrected chi connectivity index (χ4v) is 3.98. The van der Waals surface area contributed by atoms with Crippen LogP contribution in [0.15, 0.2) is 38.3 Å². The van der Waals surface area contributed by atoms with Gasteiger partial charge in [0, 0.05) is 43.7 Å². The van der Waals surface area contributed by atoms with Gasteiger partial charge in [-0.15, -0.1) is 0 Å². The summed E-state index contributed by atoms with van der Waals surface area (Å²) in [6, 6.07) is 0.0206. The molecule has 1 amide bonds. The molecule has 0 unspecified atom stereocenters. The van der Waals surface area contributed by atoms with E-state index in [1.165, 1.54) is 0 Å². The summed E-state index contributed by atoms with van der Waals surface area (Å²) in [4.78, 5) is 25.5. The zero-order valence-electron chi connectivity index (χ0n) is 16.4. The number of rotatable bonds is 5. The van der Waals surface area contributed by atoms with Gasteiger partial charge in [0.2, 0.25) is 0 Å². The summed E-state index contributed by atoms with van der Waals surface area (Å²) in [7, 11) is 0. The lowest BCUT2D eigenvalue weighted by molar-refractivity contribution is -0.114. The van der Waals surface area contributed by atoms with Gasteiger partial charge in [-0.2, -0.15) is 0 Å². The molecular weight excluding hydrogens is 356 g/mol. The molecule has 0 aromatic rings. The molecule has 7 heteroatoms. The second-order valence-electron chi connectivity index (χ2n) is 7.76. The van der Waals surface area contributed by atoms with Gasteiger partial charge in [-0.05, 0) is 57.2 Å². The van der Waals surface area contributed by atoms with E-state index in [0.29, 0.717) is 23.0 Å². The average molecular weight is 384 g/mol. The van der Waals surface area contributed by atoms with Crippen molar-refractivity contribution in [3.8, 4) is 0 Å². The topological polar surface area (TPSA) is 84.6 Å². The summed E-state index contributed by atoms with van der Waals surface area (Å²) in [5.41, 5.74) is 2.12. The van der Waals surface area contributed by atoms with Crippen LogP contribution in [0.25, 0.3) is 0 Å². The lowest BCUT2D eigenvalue weighted by atomic mass is 9.97. The third-order valence-corrected chi connectivity index (χ3v) is 5.74. The van der Waals surface area contributed by atoms with Crippen molar-refractivity contribution in [2.75, 3.05) is 32.9 Å². The Morgan fingerprint density at radius 2 is 2.18 bits per heavy atom. The Labute approximate surface area is 165 Å². The quantitative estimate of drug-likeness (QED) is 0.784. The van der Waals surface area contributed by atoms with E-state index in [9.17, 15) is 4.79 Å². The first kappa shape index (κ1) is 19.4. The Balaban J connectivity index is 1.41. The van der Waals surface area contributed by atoms with Crippen molar-refractivity contribution in [2.45, 2.75) is 44.8 Å². The standard InChI is InChI=1S/C21H28N4O3/c1-14-12-16-2-8-23-20(19(16)25-21(14)26)24-17-3-7-22-13-18(17)28-11-6-15-4-9-27-10-5-15/h2,8,12,15,17-18,22H,3-7,9-11,13H2,1H3/t17-,18-/m1/s1. The van der Waals surface area contributed by atoms with Crippen LogP contribution in [0.1, 0.15) is 32.6 Å². The highest BCUT2D eigenvalue weighted by molar-refractivity contribution is 6.53. The summed E-state index contributed by atoms with van der Waals surface area (Å²) in [6.45, 7) is 5.95. The first-order chi connectivity index (χ1) is 13.7. The number of piperidine rings is 1. The molecule has 1 N–H and O–H groups in total. The number of hydrogen-bond donors (Lipinski definition) is 1. The lowest BCUT2D eigenvalue weighted by Gasteiger charge is -2.31. The Morgan fingerprint density at radius 3 is 3.04 bits per heavy atom. The van der Waals surface area contributed by atoms with Crippen molar-refractivity contribution >= 4 is 23.7 Å². The number of allylic oxidation sites excluding steroid dienone is 2. The highest BCUT2D eigenvalue weighted by Gasteiger charge is 2.29. The van der Waals surface area contributed by atoms with Crippen LogP contribution in [0.2, 0.25) is 0 Å². The van der Waals surface area contributed by atoms with E-state index >= 15 is 0 Å². The van der Waals surface area contributed by atoms with Gasteiger partial charge in [0.05, 0.1) is 12.1 Å². The van der Waals surface area contributed by atoms with Gasteiger partial charge in [-0.25, -0.2) is 9.98 Å². The van der Waals surface area contributed by atoms with E-state index in [1.807, 2.05) is 12.2 Å². The summed E-state index contributed by atoms with van der Waals surface area (Å²) in [5.74, 6) is 1.02. The number of amidine groups is 1. The Hall–Kier alpha value is -1.96. The van der Waals surface area contributed by atoms with Crippen LogP contribution in [0, 0.1) is 5.92 Å².